The maximum Gasteiger partial charge on any atom is 0.277 e. The highest BCUT2D eigenvalue weighted by atomic mass is 35.5. The van der Waals surface area contributed by atoms with Crippen molar-refractivity contribution in [3.8, 4) is 0 Å². The van der Waals surface area contributed by atoms with Crippen molar-refractivity contribution in [1.29, 1.82) is 0 Å². The van der Waals surface area contributed by atoms with Gasteiger partial charge in [-0.3, -0.25) is 9.69 Å². The minimum absolute atomic E-state index is 0. The fourth-order valence-corrected chi connectivity index (χ4v) is 2.39. The first-order valence-electron chi connectivity index (χ1n) is 7.17. The second-order valence-corrected chi connectivity index (χ2v) is 5.43. The van der Waals surface area contributed by atoms with Gasteiger partial charge < -0.3 is 11.1 Å². The first kappa shape index (κ1) is 22.1. The molecule has 0 unspecified atom stereocenters. The van der Waals surface area contributed by atoms with Gasteiger partial charge in [0.1, 0.15) is 0 Å². The normalized spacial score (nSPS) is 14.7. The Morgan fingerprint density at radius 3 is 2.52 bits per heavy atom. The van der Waals surface area contributed by atoms with E-state index >= 15 is 0 Å². The van der Waals surface area contributed by atoms with Gasteiger partial charge >= 0.3 is 0 Å². The van der Waals surface area contributed by atoms with E-state index in [0.29, 0.717) is 5.56 Å². The molecule has 1 saturated heterocycles. The molecule has 1 fully saturated rings. The third kappa shape index (κ3) is 6.99. The molecule has 0 spiro atoms. The summed E-state index contributed by atoms with van der Waals surface area (Å²) in [5, 5.41) is 2.23. The molecule has 0 atom stereocenters. The third-order valence-corrected chi connectivity index (χ3v) is 3.60. The Morgan fingerprint density at radius 1 is 1.26 bits per heavy atom. The van der Waals surface area contributed by atoms with Crippen LogP contribution in [-0.4, -0.2) is 42.9 Å². The van der Waals surface area contributed by atoms with Gasteiger partial charge in [-0.05, 0) is 43.6 Å². The zero-order valence-electron chi connectivity index (χ0n) is 12.8. The van der Waals surface area contributed by atoms with Crippen molar-refractivity contribution >= 4 is 30.7 Å². The molecule has 1 aliphatic rings. The minimum atomic E-state index is -3.07. The van der Waals surface area contributed by atoms with E-state index in [2.05, 4.69) is 10.2 Å². The number of amides is 1. The molecular weight excluding hydrogens is 347 g/mol. The lowest BCUT2D eigenvalue weighted by atomic mass is 10.1. The lowest BCUT2D eigenvalue weighted by Crippen LogP contribution is -2.41. The predicted octanol–water partition coefficient (Wildman–Crippen LogP) is 2.45. The number of nitrogens with two attached hydrogens (primary N) is 1. The lowest BCUT2D eigenvalue weighted by Gasteiger charge is -2.16. The molecule has 0 radical (unpaired) electrons. The summed E-state index contributed by atoms with van der Waals surface area (Å²) in [6.45, 7) is 1.42. The first-order chi connectivity index (χ1) is 10.00. The molecule has 132 valence electrons. The maximum atomic E-state index is 13.0. The number of carbonyl (C=O) groups is 1. The quantitative estimate of drug-likeness (QED) is 0.809. The van der Waals surface area contributed by atoms with Gasteiger partial charge in [-0.25, -0.2) is 8.78 Å². The van der Waals surface area contributed by atoms with Crippen molar-refractivity contribution < 1.29 is 13.6 Å². The molecule has 1 aliphatic heterocycles. The number of alkyl halides is 2. The first-order valence-corrected chi connectivity index (χ1v) is 7.17. The smallest absolute Gasteiger partial charge is 0.277 e. The van der Waals surface area contributed by atoms with Crippen molar-refractivity contribution in [2.24, 2.45) is 5.73 Å². The van der Waals surface area contributed by atoms with Crippen molar-refractivity contribution in [2.45, 2.75) is 25.3 Å². The van der Waals surface area contributed by atoms with E-state index in [1.54, 1.807) is 18.2 Å². The molecule has 8 heteroatoms. The molecular formula is C15H23Cl2F2N3O. The number of benzene rings is 1. The molecule has 2 rings (SSSR count). The maximum absolute atomic E-state index is 13.0. The predicted molar refractivity (Wildman–Crippen MR) is 91.8 cm³/mol. The van der Waals surface area contributed by atoms with Crippen LogP contribution in [0.1, 0.15) is 28.8 Å². The van der Waals surface area contributed by atoms with Crippen LogP contribution in [0.2, 0.25) is 0 Å². The summed E-state index contributed by atoms with van der Waals surface area (Å²) >= 11 is 0. The van der Waals surface area contributed by atoms with Crippen LogP contribution in [0.5, 0.6) is 0 Å². The van der Waals surface area contributed by atoms with Crippen LogP contribution in [0.25, 0.3) is 0 Å². The molecule has 1 aromatic carbocycles. The lowest BCUT2D eigenvalue weighted by molar-refractivity contribution is 0.0118. The summed E-state index contributed by atoms with van der Waals surface area (Å²) in [4.78, 5) is 14.2. The summed E-state index contributed by atoms with van der Waals surface area (Å²) in [7, 11) is 0. The van der Waals surface area contributed by atoms with Crippen LogP contribution in [0, 0.1) is 0 Å². The number of halogens is 4. The third-order valence-electron chi connectivity index (χ3n) is 3.60. The van der Waals surface area contributed by atoms with Gasteiger partial charge in [0.05, 0.1) is 13.1 Å². The number of nitrogens with one attached hydrogen (secondary N) is 1. The van der Waals surface area contributed by atoms with Gasteiger partial charge in [-0.2, -0.15) is 0 Å². The number of likely N-dealkylation sites (tertiary alicyclic amines) is 1. The number of carbonyl (C=O) groups excluding carboxylic acids is 1. The van der Waals surface area contributed by atoms with Gasteiger partial charge in [-0.15, -0.1) is 24.8 Å². The average molecular weight is 370 g/mol. The van der Waals surface area contributed by atoms with Gasteiger partial charge in [0, 0.05) is 12.1 Å². The monoisotopic (exact) mass is 369 g/mol. The van der Waals surface area contributed by atoms with Crippen molar-refractivity contribution in [2.75, 3.05) is 26.2 Å². The highest BCUT2D eigenvalue weighted by Crippen LogP contribution is 2.14. The second kappa shape index (κ2) is 10.0. The molecule has 1 aromatic rings. The summed E-state index contributed by atoms with van der Waals surface area (Å²) in [5.41, 5.74) is 6.37. The van der Waals surface area contributed by atoms with E-state index in [9.17, 15) is 13.6 Å². The molecule has 0 saturated carbocycles. The zero-order valence-corrected chi connectivity index (χ0v) is 14.4. The highest BCUT2D eigenvalue weighted by Gasteiger charge is 2.27. The van der Waals surface area contributed by atoms with E-state index in [4.69, 9.17) is 5.73 Å². The van der Waals surface area contributed by atoms with Crippen LogP contribution in [-0.2, 0) is 6.54 Å². The number of hydrogen-bond donors (Lipinski definition) is 2. The van der Waals surface area contributed by atoms with Crippen LogP contribution >= 0.6 is 24.8 Å². The Bertz CT molecular complexity index is 497. The van der Waals surface area contributed by atoms with Crippen LogP contribution in [0.15, 0.2) is 24.3 Å². The Labute approximate surface area is 147 Å². The molecule has 1 amide bonds. The van der Waals surface area contributed by atoms with Crippen LogP contribution < -0.4 is 11.1 Å². The SMILES string of the molecule is Cl.Cl.NCC(F)(F)CNC(=O)c1cccc(CN2CCCC2)c1. The van der Waals surface area contributed by atoms with E-state index in [0.717, 1.165) is 25.2 Å². The summed E-state index contributed by atoms with van der Waals surface area (Å²) in [5.74, 6) is -3.56. The largest absolute Gasteiger partial charge is 0.346 e. The summed E-state index contributed by atoms with van der Waals surface area (Å²) in [6.07, 6.45) is 2.41. The van der Waals surface area contributed by atoms with Crippen molar-refractivity contribution in [3.63, 3.8) is 0 Å². The van der Waals surface area contributed by atoms with E-state index in [1.165, 1.54) is 12.8 Å². The molecule has 3 N–H and O–H groups in total. The minimum Gasteiger partial charge on any atom is -0.346 e. The Balaban J connectivity index is 0.00000242. The molecule has 0 bridgehead atoms. The number of nitrogens with zero attached hydrogens (tertiary/aromatic N) is 1. The summed E-state index contributed by atoms with van der Waals surface area (Å²) < 4.78 is 26.1. The Hall–Kier alpha value is -0.950. The Kier molecular flexibility index (Phi) is 9.61. The van der Waals surface area contributed by atoms with E-state index in [-0.39, 0.29) is 24.8 Å². The summed E-state index contributed by atoms with van der Waals surface area (Å²) in [6, 6.07) is 7.11. The zero-order chi connectivity index (χ0) is 15.3. The van der Waals surface area contributed by atoms with Gasteiger partial charge in [-0.1, -0.05) is 12.1 Å². The fourth-order valence-electron chi connectivity index (χ4n) is 2.39. The average Bonchev–Trinajstić information content (AvgIpc) is 2.98. The van der Waals surface area contributed by atoms with Crippen molar-refractivity contribution in [3.05, 3.63) is 35.4 Å². The molecule has 0 aromatic heterocycles. The van der Waals surface area contributed by atoms with Crippen LogP contribution in [0.4, 0.5) is 8.78 Å². The number of hydrogen-bond acceptors (Lipinski definition) is 3. The second-order valence-electron chi connectivity index (χ2n) is 5.43. The molecule has 23 heavy (non-hydrogen) atoms. The molecule has 1 heterocycles. The molecule has 4 nitrogen and oxygen atoms in total. The highest BCUT2D eigenvalue weighted by molar-refractivity contribution is 5.94. The number of rotatable bonds is 6. The van der Waals surface area contributed by atoms with Gasteiger partial charge in [0.15, 0.2) is 0 Å². The van der Waals surface area contributed by atoms with E-state index in [1.807, 2.05) is 6.07 Å². The molecule has 0 aliphatic carbocycles. The van der Waals surface area contributed by atoms with Crippen molar-refractivity contribution in [1.82, 2.24) is 10.2 Å². The van der Waals surface area contributed by atoms with Crippen LogP contribution in [0.3, 0.4) is 0 Å². The van der Waals surface area contributed by atoms with Gasteiger partial charge in [0.2, 0.25) is 0 Å². The fraction of sp³-hybridized carbons (Fsp3) is 0.533. The van der Waals surface area contributed by atoms with E-state index < -0.39 is 24.9 Å². The van der Waals surface area contributed by atoms with Gasteiger partial charge in [0.25, 0.3) is 11.8 Å². The Morgan fingerprint density at radius 2 is 1.91 bits per heavy atom. The topological polar surface area (TPSA) is 58.4 Å². The standard InChI is InChI=1S/C15H21F2N3O.2ClH/c16-15(17,10-18)11-19-14(21)13-5-3-4-12(8-13)9-20-6-1-2-7-20;;/h3-5,8H,1-2,6-7,9-11,18H2,(H,19,21);2*1H.